The predicted octanol–water partition coefficient (Wildman–Crippen LogP) is 6.85. The molecular weight excluding hydrogens is 587 g/mol. The smallest absolute Gasteiger partial charge is 0.317 e. The van der Waals surface area contributed by atoms with Crippen molar-refractivity contribution in [3.8, 4) is 0 Å². The lowest BCUT2D eigenvalue weighted by atomic mass is 9.79. The molecule has 3 aromatic carbocycles. The fourth-order valence-corrected chi connectivity index (χ4v) is 9.92. The monoisotopic (exact) mass is 622 g/mol. The summed E-state index contributed by atoms with van der Waals surface area (Å²) >= 11 is 6.63. The highest BCUT2D eigenvalue weighted by molar-refractivity contribution is 7.98. The van der Waals surface area contributed by atoms with Crippen molar-refractivity contribution in [2.75, 3.05) is 13.2 Å². The molecule has 44 heavy (non-hydrogen) atoms. The van der Waals surface area contributed by atoms with Gasteiger partial charge >= 0.3 is 5.97 Å². The topological polar surface area (TPSA) is 58.6 Å². The average Bonchev–Trinajstić information content (AvgIpc) is 3.31. The van der Waals surface area contributed by atoms with Gasteiger partial charge < -0.3 is 14.6 Å². The largest absolute Gasteiger partial charge is 0.874 e. The first kappa shape index (κ1) is 31.3. The molecule has 0 aromatic heterocycles. The molecule has 2 bridgehead atoms. The maximum Gasteiger partial charge on any atom is 0.317 e. The minimum atomic E-state index is -2.60. The van der Waals surface area contributed by atoms with E-state index in [0.717, 1.165) is 27.1 Å². The summed E-state index contributed by atoms with van der Waals surface area (Å²) in [7, 11) is -2.60. The van der Waals surface area contributed by atoms with Crippen LogP contribution in [0.2, 0.25) is 0 Å². The Hall–Kier alpha value is -4.11. The van der Waals surface area contributed by atoms with Crippen molar-refractivity contribution in [3.05, 3.63) is 161 Å². The fraction of sp³-hybridized carbons (Fsp3) is 0.184. The standard InChI is InChI=1S/C38H36ClO4P/c1-3-42-34(36(38(41)43-4-2)35-29-17-15-14-16-28(26-29)24-25-33(39)37(35)40)27-44(30-18-8-5-9-19-30,31-20-10-6-11-21-31)32-22-12-7-13-23-32/h5-25,27,35-36H,3-4,26H2,1-2H3/b25-24-,34-27-,37-33-. The van der Waals surface area contributed by atoms with Gasteiger partial charge in [0.2, 0.25) is 0 Å². The highest BCUT2D eigenvalue weighted by Gasteiger charge is 2.47. The van der Waals surface area contributed by atoms with E-state index in [1.807, 2.05) is 91.9 Å². The molecule has 0 N–H and O–H groups in total. The molecule has 0 saturated carbocycles. The third-order valence-electron chi connectivity index (χ3n) is 7.80. The van der Waals surface area contributed by atoms with E-state index in [9.17, 15) is 9.90 Å². The molecule has 0 radical (unpaired) electrons. The SMILES string of the molecule is CCOC(=O)C(/C(=C/[P+](c1ccccc1)(c1ccccc1)c1ccccc1)OCC)C1C2=CC=CC=C(/C=C\C(Cl)=C/1[O-])C2. The van der Waals surface area contributed by atoms with Crippen molar-refractivity contribution in [3.63, 3.8) is 0 Å². The van der Waals surface area contributed by atoms with Gasteiger partial charge in [-0.2, -0.15) is 0 Å². The number of fused-ring (bicyclic) bond motifs is 2. The second kappa shape index (κ2) is 14.6. The van der Waals surface area contributed by atoms with Crippen LogP contribution in [0.1, 0.15) is 20.3 Å². The predicted molar refractivity (Wildman–Crippen MR) is 180 cm³/mol. The van der Waals surface area contributed by atoms with Crippen molar-refractivity contribution in [2.45, 2.75) is 20.3 Å². The number of hydrogen-bond acceptors (Lipinski definition) is 4. The number of allylic oxidation sites excluding steroid dienone is 9. The highest BCUT2D eigenvalue weighted by Crippen LogP contribution is 2.59. The van der Waals surface area contributed by atoms with E-state index >= 15 is 0 Å². The molecular formula is C38H36ClO4P. The molecule has 2 aliphatic rings. The molecule has 2 atom stereocenters. The summed E-state index contributed by atoms with van der Waals surface area (Å²) in [5.74, 6) is -0.306. The molecule has 2 unspecified atom stereocenters. The summed E-state index contributed by atoms with van der Waals surface area (Å²) in [6.07, 6.45) is 11.7. The fourth-order valence-electron chi connectivity index (χ4n) is 5.86. The molecule has 0 spiro atoms. The van der Waals surface area contributed by atoms with Crippen LogP contribution in [-0.4, -0.2) is 19.2 Å². The molecule has 6 heteroatoms. The number of carbonyl (C=O) groups excluding carboxylic acids is 1. The normalized spacial score (nSPS) is 19.9. The van der Waals surface area contributed by atoms with Gasteiger partial charge in [-0.1, -0.05) is 102 Å². The molecule has 5 rings (SSSR count). The lowest BCUT2D eigenvalue weighted by molar-refractivity contribution is -0.315. The number of hydrogen-bond donors (Lipinski definition) is 0. The summed E-state index contributed by atoms with van der Waals surface area (Å²) in [5.41, 5.74) is 1.77. The average molecular weight is 623 g/mol. The number of rotatable bonds is 10. The van der Waals surface area contributed by atoms with Gasteiger partial charge in [0.1, 0.15) is 40.7 Å². The molecule has 0 fully saturated rings. The van der Waals surface area contributed by atoms with E-state index in [1.165, 1.54) is 0 Å². The Kier molecular flexibility index (Phi) is 10.4. The first-order valence-electron chi connectivity index (χ1n) is 14.9. The maximum absolute atomic E-state index is 14.2. The minimum Gasteiger partial charge on any atom is -0.874 e. The molecule has 2 aliphatic carbocycles. The molecule has 0 amide bonds. The Balaban J connectivity index is 1.85. The van der Waals surface area contributed by atoms with Crippen LogP contribution in [0.4, 0.5) is 0 Å². The van der Waals surface area contributed by atoms with Gasteiger partial charge in [-0.3, -0.25) is 4.79 Å². The summed E-state index contributed by atoms with van der Waals surface area (Å²) in [6.45, 7) is 4.11. The van der Waals surface area contributed by atoms with Gasteiger partial charge in [-0.05, 0) is 68.3 Å². The van der Waals surface area contributed by atoms with Gasteiger partial charge in [0.25, 0.3) is 0 Å². The number of ether oxygens (including phenoxy) is 2. The lowest BCUT2D eigenvalue weighted by Gasteiger charge is -2.36. The van der Waals surface area contributed by atoms with Crippen molar-refractivity contribution >= 4 is 40.7 Å². The Labute approximate surface area is 265 Å². The zero-order valence-corrected chi connectivity index (χ0v) is 26.6. The first-order valence-corrected chi connectivity index (χ1v) is 17.1. The van der Waals surface area contributed by atoms with Gasteiger partial charge in [0, 0.05) is 11.0 Å². The molecule has 0 aliphatic heterocycles. The quantitative estimate of drug-likeness (QED) is 0.141. The van der Waals surface area contributed by atoms with Crippen LogP contribution in [0.3, 0.4) is 0 Å². The second-order valence-electron chi connectivity index (χ2n) is 10.5. The summed E-state index contributed by atoms with van der Waals surface area (Å²) in [5, 5.41) is 17.5. The number of carbonyl (C=O) groups is 1. The lowest BCUT2D eigenvalue weighted by Crippen LogP contribution is -2.36. The molecule has 224 valence electrons. The molecule has 0 saturated heterocycles. The maximum atomic E-state index is 14.2. The third kappa shape index (κ3) is 6.53. The van der Waals surface area contributed by atoms with Crippen LogP contribution in [0.5, 0.6) is 0 Å². The van der Waals surface area contributed by atoms with Gasteiger partial charge in [0.15, 0.2) is 0 Å². The van der Waals surface area contributed by atoms with Crippen molar-refractivity contribution in [2.24, 2.45) is 11.8 Å². The van der Waals surface area contributed by atoms with Crippen LogP contribution in [0, 0.1) is 11.8 Å². The Bertz CT molecular complexity index is 1540. The Morgan fingerprint density at radius 1 is 0.841 bits per heavy atom. The van der Waals surface area contributed by atoms with Crippen molar-refractivity contribution in [1.82, 2.24) is 0 Å². The molecule has 3 aromatic rings. The van der Waals surface area contributed by atoms with Crippen LogP contribution in [-0.2, 0) is 14.3 Å². The zero-order valence-electron chi connectivity index (χ0n) is 24.9. The van der Waals surface area contributed by atoms with E-state index in [2.05, 4.69) is 42.2 Å². The Morgan fingerprint density at radius 2 is 1.36 bits per heavy atom. The second-order valence-corrected chi connectivity index (χ2v) is 14.2. The van der Waals surface area contributed by atoms with E-state index in [0.29, 0.717) is 18.8 Å². The molecule has 0 heterocycles. The third-order valence-corrected chi connectivity index (χ3v) is 12.1. The number of benzene rings is 3. The van der Waals surface area contributed by atoms with Crippen LogP contribution >= 0.6 is 18.9 Å². The van der Waals surface area contributed by atoms with Crippen LogP contribution in [0.25, 0.3) is 0 Å². The Morgan fingerprint density at radius 3 is 1.89 bits per heavy atom. The minimum absolute atomic E-state index is 0.0637. The summed E-state index contributed by atoms with van der Waals surface area (Å²) in [6, 6.07) is 30.9. The molecule has 4 nitrogen and oxygen atoms in total. The van der Waals surface area contributed by atoms with E-state index in [4.69, 9.17) is 21.1 Å². The van der Waals surface area contributed by atoms with E-state index < -0.39 is 25.1 Å². The van der Waals surface area contributed by atoms with E-state index in [-0.39, 0.29) is 17.4 Å². The number of esters is 1. The summed E-state index contributed by atoms with van der Waals surface area (Å²) < 4.78 is 12.2. The van der Waals surface area contributed by atoms with Crippen LogP contribution < -0.4 is 21.0 Å². The van der Waals surface area contributed by atoms with E-state index in [1.54, 1.807) is 13.0 Å². The van der Waals surface area contributed by atoms with Crippen molar-refractivity contribution in [1.29, 1.82) is 0 Å². The zero-order chi connectivity index (χ0) is 30.9. The first-order chi connectivity index (χ1) is 21.5. The summed E-state index contributed by atoms with van der Waals surface area (Å²) in [4.78, 5) is 14.1. The van der Waals surface area contributed by atoms with Gasteiger partial charge in [-0.25, -0.2) is 0 Å². The van der Waals surface area contributed by atoms with Crippen LogP contribution in [0.15, 0.2) is 161 Å². The van der Waals surface area contributed by atoms with Gasteiger partial charge in [-0.15, -0.1) is 5.76 Å². The number of halogens is 1. The van der Waals surface area contributed by atoms with Gasteiger partial charge in [0.05, 0.1) is 13.2 Å². The van der Waals surface area contributed by atoms with Crippen molar-refractivity contribution < 1.29 is 19.4 Å². The highest BCUT2D eigenvalue weighted by atomic mass is 35.5.